The summed E-state index contributed by atoms with van der Waals surface area (Å²) in [5.41, 5.74) is -0.730. The van der Waals surface area contributed by atoms with Crippen LogP contribution in [0, 0.1) is 0 Å². The first-order valence-corrected chi connectivity index (χ1v) is 7.96. The van der Waals surface area contributed by atoms with Gasteiger partial charge in [-0.2, -0.15) is 0 Å². The van der Waals surface area contributed by atoms with Crippen LogP contribution in [0.5, 0.6) is 0 Å². The zero-order chi connectivity index (χ0) is 16.2. The molecule has 1 aliphatic heterocycles. The number of alkyl halides is 1. The number of hydrogen-bond acceptors (Lipinski definition) is 3. The van der Waals surface area contributed by atoms with Crippen LogP contribution >= 0.6 is 0 Å². The van der Waals surface area contributed by atoms with E-state index in [9.17, 15) is 9.18 Å². The van der Waals surface area contributed by atoms with Crippen LogP contribution in [0.15, 0.2) is 24.4 Å². The number of carbonyl (C=O) groups is 1. The highest BCUT2D eigenvalue weighted by Crippen LogP contribution is 2.21. The van der Waals surface area contributed by atoms with Crippen molar-refractivity contribution in [2.75, 3.05) is 20.1 Å². The summed E-state index contributed by atoms with van der Waals surface area (Å²) in [6.45, 7) is 4.76. The zero-order valence-electron chi connectivity index (χ0n) is 13.8. The minimum atomic E-state index is -1.78. The topological polar surface area (TPSA) is 36.4 Å². The van der Waals surface area contributed by atoms with Crippen LogP contribution in [0.1, 0.15) is 38.8 Å². The van der Waals surface area contributed by atoms with Crippen molar-refractivity contribution in [1.29, 1.82) is 0 Å². The fourth-order valence-electron chi connectivity index (χ4n) is 2.97. The van der Waals surface area contributed by atoms with Crippen molar-refractivity contribution in [3.05, 3.63) is 30.1 Å². The van der Waals surface area contributed by atoms with E-state index in [1.54, 1.807) is 11.1 Å². The van der Waals surface area contributed by atoms with Crippen molar-refractivity contribution < 1.29 is 9.18 Å². The predicted octanol–water partition coefficient (Wildman–Crippen LogP) is 2.64. The molecule has 1 aromatic rings. The van der Waals surface area contributed by atoms with E-state index >= 15 is 0 Å². The Hall–Kier alpha value is -1.49. The van der Waals surface area contributed by atoms with E-state index in [1.165, 1.54) is 13.8 Å². The Labute approximate surface area is 132 Å². The molecule has 1 aromatic heterocycles. The monoisotopic (exact) mass is 307 g/mol. The first-order valence-electron chi connectivity index (χ1n) is 7.96. The van der Waals surface area contributed by atoms with Gasteiger partial charge >= 0.3 is 0 Å². The molecular weight excluding hydrogens is 281 g/mol. The quantitative estimate of drug-likeness (QED) is 0.858. The number of rotatable bonds is 4. The SMILES string of the molecule is CN(Cc1ccccn1)C1CCCN(C(=O)C(C)(C)F)CC1. The molecule has 0 spiro atoms. The molecule has 4 nitrogen and oxygen atoms in total. The molecule has 0 saturated carbocycles. The maximum atomic E-state index is 13.8. The largest absolute Gasteiger partial charge is 0.340 e. The molecule has 0 radical (unpaired) electrons. The summed E-state index contributed by atoms with van der Waals surface area (Å²) in [7, 11) is 2.09. The van der Waals surface area contributed by atoms with E-state index in [1.807, 2.05) is 18.2 Å². The van der Waals surface area contributed by atoms with Gasteiger partial charge in [-0.05, 0) is 52.3 Å². The third kappa shape index (κ3) is 4.50. The average molecular weight is 307 g/mol. The van der Waals surface area contributed by atoms with Crippen molar-refractivity contribution in [2.24, 2.45) is 0 Å². The van der Waals surface area contributed by atoms with Crippen molar-refractivity contribution in [1.82, 2.24) is 14.8 Å². The fourth-order valence-corrected chi connectivity index (χ4v) is 2.97. The van der Waals surface area contributed by atoms with Crippen LogP contribution in [-0.4, -0.2) is 52.5 Å². The highest BCUT2D eigenvalue weighted by molar-refractivity contribution is 5.84. The second-order valence-corrected chi connectivity index (χ2v) is 6.59. The van der Waals surface area contributed by atoms with Gasteiger partial charge in [-0.25, -0.2) is 4.39 Å². The number of nitrogens with zero attached hydrogens (tertiary/aromatic N) is 3. The van der Waals surface area contributed by atoms with Crippen LogP contribution in [-0.2, 0) is 11.3 Å². The van der Waals surface area contributed by atoms with Gasteiger partial charge in [0, 0.05) is 31.9 Å². The summed E-state index contributed by atoms with van der Waals surface area (Å²) < 4.78 is 13.8. The Bertz CT molecular complexity index is 486. The van der Waals surface area contributed by atoms with Crippen molar-refractivity contribution >= 4 is 5.91 Å². The molecule has 22 heavy (non-hydrogen) atoms. The number of carbonyl (C=O) groups excluding carboxylic acids is 1. The number of amides is 1. The second kappa shape index (κ2) is 7.18. The van der Waals surface area contributed by atoms with Gasteiger partial charge in [-0.3, -0.25) is 14.7 Å². The van der Waals surface area contributed by atoms with E-state index in [0.29, 0.717) is 19.1 Å². The maximum absolute atomic E-state index is 13.8. The first-order chi connectivity index (χ1) is 10.4. The Morgan fingerprint density at radius 2 is 2.18 bits per heavy atom. The van der Waals surface area contributed by atoms with Crippen LogP contribution in [0.2, 0.25) is 0 Å². The van der Waals surface area contributed by atoms with Gasteiger partial charge in [0.05, 0.1) is 5.69 Å². The molecule has 0 bridgehead atoms. The van der Waals surface area contributed by atoms with E-state index < -0.39 is 5.67 Å². The van der Waals surface area contributed by atoms with Crippen molar-refractivity contribution in [3.63, 3.8) is 0 Å². The van der Waals surface area contributed by atoms with Crippen LogP contribution < -0.4 is 0 Å². The number of hydrogen-bond donors (Lipinski definition) is 0. The number of likely N-dealkylation sites (tertiary alicyclic amines) is 1. The summed E-state index contributed by atoms with van der Waals surface area (Å²) >= 11 is 0. The molecule has 0 aromatic carbocycles. The molecular formula is C17H26FN3O. The summed E-state index contributed by atoms with van der Waals surface area (Å²) in [6.07, 6.45) is 4.63. The second-order valence-electron chi connectivity index (χ2n) is 6.59. The molecule has 0 aliphatic carbocycles. The Balaban J connectivity index is 1.91. The smallest absolute Gasteiger partial charge is 0.259 e. The fraction of sp³-hybridized carbons (Fsp3) is 0.647. The highest BCUT2D eigenvalue weighted by Gasteiger charge is 2.33. The van der Waals surface area contributed by atoms with Crippen molar-refractivity contribution in [3.8, 4) is 0 Å². The summed E-state index contributed by atoms with van der Waals surface area (Å²) in [5.74, 6) is -0.388. The normalized spacial score (nSPS) is 20.0. The highest BCUT2D eigenvalue weighted by atomic mass is 19.1. The zero-order valence-corrected chi connectivity index (χ0v) is 13.8. The Morgan fingerprint density at radius 3 is 2.82 bits per heavy atom. The van der Waals surface area contributed by atoms with E-state index in [-0.39, 0.29) is 5.91 Å². The Kier molecular flexibility index (Phi) is 5.51. The molecule has 1 fully saturated rings. The molecule has 1 aliphatic rings. The molecule has 2 heterocycles. The lowest BCUT2D eigenvalue weighted by molar-refractivity contribution is -0.141. The molecule has 1 saturated heterocycles. The molecule has 5 heteroatoms. The molecule has 2 rings (SSSR count). The van der Waals surface area contributed by atoms with Gasteiger partial charge < -0.3 is 4.90 Å². The molecule has 1 unspecified atom stereocenters. The standard InChI is InChI=1S/C17H26FN3O/c1-17(2,18)16(22)21-11-6-8-15(9-12-21)20(3)13-14-7-4-5-10-19-14/h4-5,7,10,15H,6,8-9,11-13H2,1-3H3. The lowest BCUT2D eigenvalue weighted by atomic mass is 10.1. The Morgan fingerprint density at radius 1 is 1.41 bits per heavy atom. The predicted molar refractivity (Wildman–Crippen MR) is 85.1 cm³/mol. The number of halogens is 1. The van der Waals surface area contributed by atoms with Gasteiger partial charge in [-0.15, -0.1) is 0 Å². The lowest BCUT2D eigenvalue weighted by Crippen LogP contribution is -2.43. The summed E-state index contributed by atoms with van der Waals surface area (Å²) in [6, 6.07) is 6.33. The van der Waals surface area contributed by atoms with Gasteiger partial charge in [0.15, 0.2) is 5.67 Å². The molecule has 1 atom stereocenters. The summed E-state index contributed by atoms with van der Waals surface area (Å²) in [4.78, 5) is 20.4. The number of aromatic nitrogens is 1. The van der Waals surface area contributed by atoms with Gasteiger partial charge in [0.2, 0.25) is 0 Å². The van der Waals surface area contributed by atoms with Crippen LogP contribution in [0.4, 0.5) is 4.39 Å². The first kappa shape index (κ1) is 16.9. The number of pyridine rings is 1. The third-order valence-corrected chi connectivity index (χ3v) is 4.25. The van der Waals surface area contributed by atoms with Crippen LogP contribution in [0.3, 0.4) is 0 Å². The van der Waals surface area contributed by atoms with E-state index in [2.05, 4.69) is 16.9 Å². The summed E-state index contributed by atoms with van der Waals surface area (Å²) in [5, 5.41) is 0. The molecule has 122 valence electrons. The van der Waals surface area contributed by atoms with E-state index in [0.717, 1.165) is 31.5 Å². The minimum Gasteiger partial charge on any atom is -0.340 e. The maximum Gasteiger partial charge on any atom is 0.259 e. The average Bonchev–Trinajstić information content (AvgIpc) is 2.72. The van der Waals surface area contributed by atoms with Gasteiger partial charge in [0.25, 0.3) is 5.91 Å². The molecule has 0 N–H and O–H groups in total. The van der Waals surface area contributed by atoms with Gasteiger partial charge in [0.1, 0.15) is 0 Å². The lowest BCUT2D eigenvalue weighted by Gasteiger charge is -2.28. The third-order valence-electron chi connectivity index (χ3n) is 4.25. The minimum absolute atomic E-state index is 0.388. The van der Waals surface area contributed by atoms with Crippen molar-refractivity contribution in [2.45, 2.75) is 51.4 Å². The van der Waals surface area contributed by atoms with Gasteiger partial charge in [-0.1, -0.05) is 6.07 Å². The van der Waals surface area contributed by atoms with E-state index in [4.69, 9.17) is 0 Å². The van der Waals surface area contributed by atoms with Crippen LogP contribution in [0.25, 0.3) is 0 Å². The molecule has 1 amide bonds.